The molecule has 2 aromatic carbocycles. The van der Waals surface area contributed by atoms with Gasteiger partial charge in [-0.3, -0.25) is 5.41 Å². The van der Waals surface area contributed by atoms with E-state index in [1.807, 2.05) is 54.6 Å². The Morgan fingerprint density at radius 1 is 1.03 bits per heavy atom. The fraction of sp³-hybridized carbons (Fsp3) is 0.227. The number of aromatic nitrogens is 2. The Labute approximate surface area is 183 Å². The van der Waals surface area contributed by atoms with Crippen LogP contribution in [-0.4, -0.2) is 40.2 Å². The van der Waals surface area contributed by atoms with Crippen LogP contribution in [-0.2, 0) is 11.3 Å². The highest BCUT2D eigenvalue weighted by molar-refractivity contribution is 5.70. The Morgan fingerprint density at radius 3 is 2.38 bits per heavy atom. The fourth-order valence-corrected chi connectivity index (χ4v) is 2.68. The zero-order valence-corrected chi connectivity index (χ0v) is 17.3. The number of rotatable bonds is 8. The van der Waals surface area contributed by atoms with E-state index in [1.165, 1.54) is 13.1 Å². The molecule has 3 aromatic rings. The van der Waals surface area contributed by atoms with Gasteiger partial charge in [0.15, 0.2) is 12.4 Å². The molecule has 0 aliphatic heterocycles. The van der Waals surface area contributed by atoms with Gasteiger partial charge in [0.1, 0.15) is 23.9 Å². The van der Waals surface area contributed by atoms with Gasteiger partial charge in [-0.15, -0.1) is 0 Å². The number of anilines is 2. The van der Waals surface area contributed by atoms with Crippen LogP contribution in [0.2, 0.25) is 0 Å². The minimum absolute atomic E-state index is 0.00915. The van der Waals surface area contributed by atoms with Crippen LogP contribution < -0.4 is 10.1 Å². The lowest BCUT2D eigenvalue weighted by Gasteiger charge is -2.23. The summed E-state index contributed by atoms with van der Waals surface area (Å²) < 4.78 is 48.6. The molecule has 1 aromatic heterocycles. The van der Waals surface area contributed by atoms with E-state index in [2.05, 4.69) is 15.3 Å². The van der Waals surface area contributed by atoms with Gasteiger partial charge < -0.3 is 19.7 Å². The number of alkyl halides is 3. The molecule has 2 N–H and O–H groups in total. The van der Waals surface area contributed by atoms with E-state index in [0.717, 1.165) is 16.3 Å². The number of hydrogen-bond donors (Lipinski definition) is 2. The van der Waals surface area contributed by atoms with Gasteiger partial charge in [-0.2, -0.15) is 13.2 Å². The third-order valence-electron chi connectivity index (χ3n) is 4.19. The molecule has 0 radical (unpaired) electrons. The molecule has 0 saturated carbocycles. The number of nitrogens with zero attached hydrogens (tertiary/aromatic N) is 3. The summed E-state index contributed by atoms with van der Waals surface area (Å²) in [5, 5.41) is 10.8. The minimum atomic E-state index is -4.42. The number of hydrogen-bond acceptors (Lipinski definition) is 6. The maximum atomic E-state index is 12.6. The smallest absolute Gasteiger partial charge is 0.406 e. The summed E-state index contributed by atoms with van der Waals surface area (Å²) in [6, 6.07) is 17.7. The van der Waals surface area contributed by atoms with Crippen LogP contribution in [0.3, 0.4) is 0 Å². The highest BCUT2D eigenvalue weighted by atomic mass is 19.4. The van der Waals surface area contributed by atoms with Crippen LogP contribution in [0, 0.1) is 5.41 Å². The van der Waals surface area contributed by atoms with Crippen LogP contribution >= 0.6 is 0 Å². The van der Waals surface area contributed by atoms with Gasteiger partial charge in [0.2, 0.25) is 0 Å². The molecule has 0 atom stereocenters. The second kappa shape index (κ2) is 10.5. The van der Waals surface area contributed by atoms with Crippen molar-refractivity contribution < 1.29 is 22.6 Å². The number of ether oxygens (including phenoxy) is 2. The molecule has 0 bridgehead atoms. The second-order valence-corrected chi connectivity index (χ2v) is 6.65. The molecule has 0 amide bonds. The van der Waals surface area contributed by atoms with Crippen molar-refractivity contribution >= 4 is 17.5 Å². The summed E-state index contributed by atoms with van der Waals surface area (Å²) in [4.78, 5) is 9.09. The Balaban J connectivity index is 1.56. The van der Waals surface area contributed by atoms with E-state index < -0.39 is 18.7 Å². The average Bonchev–Trinajstić information content (AvgIpc) is 2.77. The molecule has 0 fully saturated rings. The number of benzene rings is 2. The molecule has 0 spiro atoms. The van der Waals surface area contributed by atoms with Crippen molar-refractivity contribution in [2.24, 2.45) is 0 Å². The topological polar surface area (TPSA) is 83.4 Å². The largest absolute Gasteiger partial charge is 0.457 e. The zero-order valence-electron chi connectivity index (χ0n) is 17.3. The van der Waals surface area contributed by atoms with Crippen LogP contribution in [0.4, 0.5) is 24.7 Å². The molecule has 32 heavy (non-hydrogen) atoms. The van der Waals surface area contributed by atoms with Gasteiger partial charge in [-0.05, 0) is 49.4 Å². The van der Waals surface area contributed by atoms with Crippen molar-refractivity contribution in [3.63, 3.8) is 0 Å². The van der Waals surface area contributed by atoms with Gasteiger partial charge in [0.25, 0.3) is 6.02 Å². The first-order valence-corrected chi connectivity index (χ1v) is 9.77. The molecule has 0 unspecified atom stereocenters. The molecule has 3 rings (SSSR count). The molecular formula is C22H22F3N5O2. The highest BCUT2D eigenvalue weighted by Gasteiger charge is 2.31. The first kappa shape index (κ1) is 22.9. The van der Waals surface area contributed by atoms with Crippen LogP contribution in [0.1, 0.15) is 12.7 Å². The molecule has 1 heterocycles. The minimum Gasteiger partial charge on any atom is -0.457 e. The number of nitrogens with one attached hydrogen (secondary N) is 2. The molecular weight excluding hydrogens is 423 g/mol. The highest BCUT2D eigenvalue weighted by Crippen LogP contribution is 2.24. The summed E-state index contributed by atoms with van der Waals surface area (Å²) in [5.41, 5.74) is 0.756. The van der Waals surface area contributed by atoms with Crippen molar-refractivity contribution in [2.75, 3.05) is 18.4 Å². The molecule has 0 aliphatic carbocycles. The summed E-state index contributed by atoms with van der Waals surface area (Å²) in [7, 11) is 0. The molecule has 7 nitrogen and oxygen atoms in total. The Morgan fingerprint density at radius 2 is 1.72 bits per heavy atom. The van der Waals surface area contributed by atoms with E-state index in [4.69, 9.17) is 14.9 Å². The number of para-hydroxylation sites is 1. The fourth-order valence-electron chi connectivity index (χ4n) is 2.68. The number of amidine groups is 1. The maximum absolute atomic E-state index is 12.6. The van der Waals surface area contributed by atoms with Crippen molar-refractivity contribution in [3.05, 3.63) is 72.7 Å². The standard InChI is InChI=1S/C22H22F3N5O2/c1-2-30(15-22(23,24)25)21(26)31-14-20-27-13-12-19(29-20)28-16-8-10-18(11-9-16)32-17-6-4-3-5-7-17/h3-13,26H,2,14-15H2,1H3,(H,27,28,29). The molecule has 0 saturated heterocycles. The Kier molecular flexibility index (Phi) is 7.48. The first-order chi connectivity index (χ1) is 15.3. The quantitative estimate of drug-likeness (QED) is 0.359. The van der Waals surface area contributed by atoms with Gasteiger partial charge >= 0.3 is 6.18 Å². The Hall–Kier alpha value is -3.82. The van der Waals surface area contributed by atoms with Crippen LogP contribution in [0.25, 0.3) is 0 Å². The second-order valence-electron chi connectivity index (χ2n) is 6.65. The SMILES string of the molecule is CCN(CC(F)(F)F)C(=N)OCc1nccc(Nc2ccc(Oc3ccccc3)cc2)n1. The van der Waals surface area contributed by atoms with Crippen molar-refractivity contribution in [2.45, 2.75) is 19.7 Å². The van der Waals surface area contributed by atoms with Gasteiger partial charge in [-0.1, -0.05) is 18.2 Å². The van der Waals surface area contributed by atoms with Gasteiger partial charge in [-0.25, -0.2) is 9.97 Å². The summed E-state index contributed by atoms with van der Waals surface area (Å²) in [6.07, 6.45) is -2.93. The van der Waals surface area contributed by atoms with Crippen molar-refractivity contribution in [1.29, 1.82) is 5.41 Å². The predicted molar refractivity (Wildman–Crippen MR) is 114 cm³/mol. The summed E-state index contributed by atoms with van der Waals surface area (Å²) in [5.74, 6) is 2.11. The van der Waals surface area contributed by atoms with E-state index in [1.54, 1.807) is 6.07 Å². The normalized spacial score (nSPS) is 11.0. The van der Waals surface area contributed by atoms with Gasteiger partial charge in [0, 0.05) is 18.4 Å². The van der Waals surface area contributed by atoms with Crippen molar-refractivity contribution in [3.8, 4) is 11.5 Å². The predicted octanol–water partition coefficient (Wildman–Crippen LogP) is 5.35. The van der Waals surface area contributed by atoms with E-state index in [0.29, 0.717) is 11.6 Å². The summed E-state index contributed by atoms with van der Waals surface area (Å²) in [6.45, 7) is 0.0208. The molecule has 10 heteroatoms. The van der Waals surface area contributed by atoms with Gasteiger partial charge in [0.05, 0.1) is 0 Å². The average molecular weight is 445 g/mol. The third-order valence-corrected chi connectivity index (χ3v) is 4.19. The monoisotopic (exact) mass is 445 g/mol. The number of halogens is 3. The Bertz CT molecular complexity index is 1010. The van der Waals surface area contributed by atoms with Crippen LogP contribution in [0.15, 0.2) is 66.9 Å². The lowest BCUT2D eigenvalue weighted by Crippen LogP contribution is -2.39. The lowest BCUT2D eigenvalue weighted by molar-refractivity contribution is -0.139. The zero-order chi connectivity index (χ0) is 23.0. The first-order valence-electron chi connectivity index (χ1n) is 9.77. The third kappa shape index (κ3) is 7.15. The van der Waals surface area contributed by atoms with E-state index >= 15 is 0 Å². The van der Waals surface area contributed by atoms with E-state index in [9.17, 15) is 13.2 Å². The molecule has 0 aliphatic rings. The lowest BCUT2D eigenvalue weighted by atomic mass is 10.3. The van der Waals surface area contributed by atoms with Crippen molar-refractivity contribution in [1.82, 2.24) is 14.9 Å². The molecule has 168 valence electrons. The van der Waals surface area contributed by atoms with Crippen LogP contribution in [0.5, 0.6) is 11.5 Å². The summed E-state index contributed by atoms with van der Waals surface area (Å²) >= 11 is 0. The van der Waals surface area contributed by atoms with E-state index in [-0.39, 0.29) is 19.0 Å². The maximum Gasteiger partial charge on any atom is 0.406 e.